The fourth-order valence-electron chi connectivity index (χ4n) is 4.56. The highest BCUT2D eigenvalue weighted by Gasteiger charge is 2.25. The maximum absolute atomic E-state index is 13.4. The van der Waals surface area contributed by atoms with Gasteiger partial charge in [-0.15, -0.1) is 23.1 Å². The van der Waals surface area contributed by atoms with Crippen molar-refractivity contribution in [2.24, 2.45) is 0 Å². The molecule has 5 rings (SSSR count). The number of ether oxygens (including phenoxy) is 1. The number of thioether (sulfide) groups is 1. The van der Waals surface area contributed by atoms with Crippen molar-refractivity contribution >= 4 is 62.3 Å². The van der Waals surface area contributed by atoms with E-state index in [1.165, 1.54) is 30.2 Å². The molecule has 6 nitrogen and oxygen atoms in total. The quantitative estimate of drug-likeness (QED) is 0.132. The highest BCUT2D eigenvalue weighted by Crippen LogP contribution is 2.37. The number of rotatable bonds is 9. The SMILES string of the molecule is CCC(Sc1cccc(NC(=O)c2ccc3ccccc3c2)c1)C(=O)Nc1scc(-c2ccc(C)cc2)c1C(=O)OC. The van der Waals surface area contributed by atoms with E-state index >= 15 is 0 Å². The normalized spacial score (nSPS) is 11.6. The molecule has 0 aliphatic heterocycles. The Hall–Kier alpha value is -4.40. The molecule has 42 heavy (non-hydrogen) atoms. The molecule has 1 atom stereocenters. The van der Waals surface area contributed by atoms with E-state index in [1.54, 1.807) is 0 Å². The van der Waals surface area contributed by atoms with E-state index in [-0.39, 0.29) is 11.8 Å². The standard InChI is InChI=1S/C34H30N2O4S2/c1-4-29(32(38)36-33-30(34(39)40-3)28(20-41-33)23-14-12-21(2)13-15-23)42-27-11-7-10-26(19-27)35-31(37)25-17-16-22-8-5-6-9-24(22)18-25/h5-20,29H,4H2,1-3H3,(H,35,37)(H,36,38). The molecular formula is C34H30N2O4S2. The average molecular weight is 595 g/mol. The number of anilines is 2. The van der Waals surface area contributed by atoms with Gasteiger partial charge in [0.25, 0.3) is 5.91 Å². The number of methoxy groups -OCH3 is 1. The third-order valence-corrected chi connectivity index (χ3v) is 9.08. The van der Waals surface area contributed by atoms with E-state index in [2.05, 4.69) is 10.6 Å². The molecule has 8 heteroatoms. The van der Waals surface area contributed by atoms with Gasteiger partial charge in [0.1, 0.15) is 10.6 Å². The smallest absolute Gasteiger partial charge is 0.341 e. The number of aryl methyl sites for hydroxylation is 1. The second-order valence-corrected chi connectivity index (χ2v) is 11.9. The molecule has 1 heterocycles. The van der Waals surface area contributed by atoms with Crippen molar-refractivity contribution < 1.29 is 19.1 Å². The van der Waals surface area contributed by atoms with Crippen molar-refractivity contribution in [3.63, 3.8) is 0 Å². The maximum Gasteiger partial charge on any atom is 0.341 e. The van der Waals surface area contributed by atoms with Gasteiger partial charge in [-0.1, -0.05) is 73.2 Å². The lowest BCUT2D eigenvalue weighted by Crippen LogP contribution is -2.25. The molecule has 5 aromatic rings. The van der Waals surface area contributed by atoms with Crippen molar-refractivity contribution in [3.8, 4) is 11.1 Å². The number of thiophene rings is 1. The molecule has 0 fully saturated rings. The molecule has 4 aromatic carbocycles. The number of hydrogen-bond donors (Lipinski definition) is 2. The van der Waals surface area contributed by atoms with Crippen LogP contribution in [0.1, 0.15) is 39.6 Å². The molecule has 0 bridgehead atoms. The van der Waals surface area contributed by atoms with Crippen LogP contribution in [0.15, 0.2) is 101 Å². The van der Waals surface area contributed by atoms with Crippen molar-refractivity contribution in [2.45, 2.75) is 30.4 Å². The predicted octanol–water partition coefficient (Wildman–Crippen LogP) is 8.43. The van der Waals surface area contributed by atoms with Gasteiger partial charge in [0.2, 0.25) is 5.91 Å². The Balaban J connectivity index is 1.30. The first-order chi connectivity index (χ1) is 20.4. The van der Waals surface area contributed by atoms with Gasteiger partial charge in [0.05, 0.1) is 12.4 Å². The molecule has 2 N–H and O–H groups in total. The summed E-state index contributed by atoms with van der Waals surface area (Å²) in [4.78, 5) is 40.0. The third kappa shape index (κ3) is 6.56. The summed E-state index contributed by atoms with van der Waals surface area (Å²) in [5.41, 5.74) is 4.27. The van der Waals surface area contributed by atoms with Gasteiger partial charge in [-0.25, -0.2) is 4.79 Å². The Morgan fingerprint density at radius 1 is 0.881 bits per heavy atom. The zero-order chi connectivity index (χ0) is 29.6. The minimum atomic E-state index is -0.502. The number of benzene rings is 4. The molecule has 0 saturated heterocycles. The fraction of sp³-hybridized carbons (Fsp3) is 0.147. The van der Waals surface area contributed by atoms with E-state index in [9.17, 15) is 14.4 Å². The average Bonchev–Trinajstić information content (AvgIpc) is 3.42. The van der Waals surface area contributed by atoms with Crippen LogP contribution in [0, 0.1) is 6.92 Å². The van der Waals surface area contributed by atoms with Gasteiger partial charge in [-0.3, -0.25) is 9.59 Å². The molecule has 212 valence electrons. The van der Waals surface area contributed by atoms with Gasteiger partial charge in [0.15, 0.2) is 0 Å². The van der Waals surface area contributed by atoms with Crippen LogP contribution in [0.2, 0.25) is 0 Å². The van der Waals surface area contributed by atoms with E-state index in [4.69, 9.17) is 4.74 Å². The highest BCUT2D eigenvalue weighted by atomic mass is 32.2. The summed E-state index contributed by atoms with van der Waals surface area (Å²) in [5.74, 6) is -0.918. The highest BCUT2D eigenvalue weighted by molar-refractivity contribution is 8.00. The minimum Gasteiger partial charge on any atom is -0.465 e. The van der Waals surface area contributed by atoms with E-state index in [0.717, 1.165) is 32.4 Å². The summed E-state index contributed by atoms with van der Waals surface area (Å²) in [6, 6.07) is 28.8. The number of hydrogen-bond acceptors (Lipinski definition) is 6. The van der Waals surface area contributed by atoms with Crippen LogP contribution in [0.4, 0.5) is 10.7 Å². The second-order valence-electron chi connectivity index (χ2n) is 9.76. The van der Waals surface area contributed by atoms with Gasteiger partial charge < -0.3 is 15.4 Å². The first-order valence-electron chi connectivity index (χ1n) is 13.5. The number of fused-ring (bicyclic) bond motifs is 1. The zero-order valence-corrected chi connectivity index (χ0v) is 25.1. The predicted molar refractivity (Wildman–Crippen MR) is 173 cm³/mol. The Bertz CT molecular complexity index is 1760. The summed E-state index contributed by atoms with van der Waals surface area (Å²) >= 11 is 2.70. The molecule has 2 amide bonds. The topological polar surface area (TPSA) is 84.5 Å². The lowest BCUT2D eigenvalue weighted by molar-refractivity contribution is -0.115. The third-order valence-electron chi connectivity index (χ3n) is 6.82. The first kappa shape index (κ1) is 29.1. The fourth-order valence-corrected chi connectivity index (χ4v) is 6.53. The molecule has 0 aliphatic carbocycles. The van der Waals surface area contributed by atoms with Gasteiger partial charge in [0, 0.05) is 27.1 Å². The summed E-state index contributed by atoms with van der Waals surface area (Å²) in [6.07, 6.45) is 0.563. The molecule has 0 aliphatic rings. The Labute approximate surface area is 253 Å². The second kappa shape index (κ2) is 13.1. The van der Waals surface area contributed by atoms with E-state index in [1.807, 2.05) is 110 Å². The van der Waals surface area contributed by atoms with Crippen molar-refractivity contribution in [2.75, 3.05) is 17.7 Å². The Kier molecular flexibility index (Phi) is 9.05. The molecule has 1 unspecified atom stereocenters. The largest absolute Gasteiger partial charge is 0.465 e. The van der Waals surface area contributed by atoms with Gasteiger partial charge in [-0.2, -0.15) is 0 Å². The Morgan fingerprint density at radius 3 is 2.38 bits per heavy atom. The monoisotopic (exact) mass is 594 g/mol. The van der Waals surface area contributed by atoms with Gasteiger partial charge in [-0.05, 0) is 60.0 Å². The van der Waals surface area contributed by atoms with E-state index < -0.39 is 11.2 Å². The van der Waals surface area contributed by atoms with Crippen LogP contribution in [-0.4, -0.2) is 30.1 Å². The number of carbonyl (C=O) groups excluding carboxylic acids is 3. The van der Waals surface area contributed by atoms with Crippen LogP contribution in [0.25, 0.3) is 21.9 Å². The minimum absolute atomic E-state index is 0.204. The molecule has 0 spiro atoms. The lowest BCUT2D eigenvalue weighted by atomic mass is 10.0. The van der Waals surface area contributed by atoms with Gasteiger partial charge >= 0.3 is 5.97 Å². The van der Waals surface area contributed by atoms with Crippen molar-refractivity contribution in [3.05, 3.63) is 113 Å². The molecule has 0 saturated carbocycles. The Morgan fingerprint density at radius 2 is 1.64 bits per heavy atom. The van der Waals surface area contributed by atoms with Crippen LogP contribution < -0.4 is 10.6 Å². The van der Waals surface area contributed by atoms with Crippen LogP contribution in [-0.2, 0) is 9.53 Å². The number of nitrogens with one attached hydrogen (secondary N) is 2. The summed E-state index contributed by atoms with van der Waals surface area (Å²) in [6.45, 7) is 3.94. The first-order valence-corrected chi connectivity index (χ1v) is 15.3. The number of carbonyl (C=O) groups is 3. The van der Waals surface area contributed by atoms with E-state index in [0.29, 0.717) is 28.2 Å². The number of esters is 1. The van der Waals surface area contributed by atoms with Crippen LogP contribution in [0.5, 0.6) is 0 Å². The number of amides is 2. The van der Waals surface area contributed by atoms with Crippen LogP contribution >= 0.6 is 23.1 Å². The molecule has 0 radical (unpaired) electrons. The van der Waals surface area contributed by atoms with Crippen molar-refractivity contribution in [1.82, 2.24) is 0 Å². The summed E-state index contributed by atoms with van der Waals surface area (Å²) in [7, 11) is 1.33. The summed E-state index contributed by atoms with van der Waals surface area (Å²) in [5, 5.41) is 9.91. The maximum atomic E-state index is 13.4. The molecule has 1 aromatic heterocycles. The molecular weight excluding hydrogens is 565 g/mol. The van der Waals surface area contributed by atoms with Crippen molar-refractivity contribution in [1.29, 1.82) is 0 Å². The lowest BCUT2D eigenvalue weighted by Gasteiger charge is -2.16. The van der Waals surface area contributed by atoms with Crippen LogP contribution in [0.3, 0.4) is 0 Å². The zero-order valence-electron chi connectivity index (χ0n) is 23.5. The summed E-state index contributed by atoms with van der Waals surface area (Å²) < 4.78 is 5.06.